The van der Waals surface area contributed by atoms with Gasteiger partial charge in [0.25, 0.3) is 0 Å². The molecule has 0 spiro atoms. The Morgan fingerprint density at radius 3 is 2.92 bits per heavy atom. The van der Waals surface area contributed by atoms with E-state index in [0.717, 1.165) is 5.56 Å². The lowest BCUT2D eigenvalue weighted by molar-refractivity contribution is 0.359. The monoisotopic (exact) mass is 164 g/mol. The molecule has 1 aromatic rings. The molecule has 12 heavy (non-hydrogen) atoms. The van der Waals surface area contributed by atoms with Gasteiger partial charge in [-0.05, 0) is 18.6 Å². The molecule has 0 heterocycles. The van der Waals surface area contributed by atoms with Crippen LogP contribution in [0.15, 0.2) is 30.9 Å². The van der Waals surface area contributed by atoms with Crippen molar-refractivity contribution in [2.24, 2.45) is 0 Å². The minimum absolute atomic E-state index is 0.261. The first kappa shape index (κ1) is 8.65. The number of phenols is 1. The van der Waals surface area contributed by atoms with E-state index in [1.807, 2.05) is 19.1 Å². The molecule has 1 N–H and O–H groups in total. The Hall–Kier alpha value is -1.44. The minimum atomic E-state index is 0.261. The van der Waals surface area contributed by atoms with Crippen LogP contribution < -0.4 is 4.74 Å². The van der Waals surface area contributed by atoms with Crippen molar-refractivity contribution in [3.63, 3.8) is 0 Å². The van der Waals surface area contributed by atoms with Crippen molar-refractivity contribution in [2.45, 2.75) is 6.92 Å². The van der Waals surface area contributed by atoms with Gasteiger partial charge in [0.2, 0.25) is 0 Å². The lowest BCUT2D eigenvalue weighted by Crippen LogP contribution is -1.92. The zero-order valence-electron chi connectivity index (χ0n) is 7.08. The smallest absolute Gasteiger partial charge is 0.123 e. The van der Waals surface area contributed by atoms with E-state index in [1.165, 1.54) is 0 Å². The minimum Gasteiger partial charge on any atom is -0.508 e. The highest BCUT2D eigenvalue weighted by atomic mass is 16.5. The number of hydrogen-bond donors (Lipinski definition) is 1. The summed E-state index contributed by atoms with van der Waals surface area (Å²) >= 11 is 0. The Morgan fingerprint density at radius 2 is 2.33 bits per heavy atom. The normalized spacial score (nSPS) is 9.42. The summed E-state index contributed by atoms with van der Waals surface area (Å²) in [5.74, 6) is 0.926. The Balaban J connectivity index is 2.75. The molecule has 0 aliphatic carbocycles. The second-order valence-electron chi connectivity index (χ2n) is 2.55. The first-order valence-electron chi connectivity index (χ1n) is 3.77. The van der Waals surface area contributed by atoms with Gasteiger partial charge in [-0.25, -0.2) is 0 Å². The van der Waals surface area contributed by atoms with E-state index in [0.29, 0.717) is 12.4 Å². The highest BCUT2D eigenvalue weighted by Crippen LogP contribution is 2.22. The Morgan fingerprint density at radius 1 is 1.58 bits per heavy atom. The fourth-order valence-corrected chi connectivity index (χ4v) is 0.834. The van der Waals surface area contributed by atoms with Crippen LogP contribution in [0.3, 0.4) is 0 Å². The van der Waals surface area contributed by atoms with Gasteiger partial charge in [-0.1, -0.05) is 18.7 Å². The highest BCUT2D eigenvalue weighted by molar-refractivity contribution is 5.38. The van der Waals surface area contributed by atoms with Crippen LogP contribution in [0, 0.1) is 6.92 Å². The maximum absolute atomic E-state index is 9.29. The number of aromatic hydroxyl groups is 1. The summed E-state index contributed by atoms with van der Waals surface area (Å²) < 4.78 is 5.21. The molecule has 0 aromatic heterocycles. The summed E-state index contributed by atoms with van der Waals surface area (Å²) in [6, 6.07) is 5.23. The molecule has 2 nitrogen and oxygen atoms in total. The molecule has 2 heteroatoms. The fourth-order valence-electron chi connectivity index (χ4n) is 0.834. The lowest BCUT2D eigenvalue weighted by atomic mass is 10.2. The molecule has 0 saturated heterocycles. The Kier molecular flexibility index (Phi) is 2.75. The third-order valence-electron chi connectivity index (χ3n) is 1.55. The predicted molar refractivity (Wildman–Crippen MR) is 48.5 cm³/mol. The van der Waals surface area contributed by atoms with Crippen LogP contribution >= 0.6 is 0 Å². The second kappa shape index (κ2) is 3.81. The summed E-state index contributed by atoms with van der Waals surface area (Å²) in [5, 5.41) is 9.29. The summed E-state index contributed by atoms with van der Waals surface area (Å²) in [6.45, 7) is 5.83. The highest BCUT2D eigenvalue weighted by Gasteiger charge is 1.97. The van der Waals surface area contributed by atoms with Gasteiger partial charge in [-0.3, -0.25) is 0 Å². The average Bonchev–Trinajstić information content (AvgIpc) is 2.07. The van der Waals surface area contributed by atoms with Crippen molar-refractivity contribution in [1.29, 1.82) is 0 Å². The largest absolute Gasteiger partial charge is 0.508 e. The van der Waals surface area contributed by atoms with Gasteiger partial charge < -0.3 is 9.84 Å². The second-order valence-corrected chi connectivity index (χ2v) is 2.55. The van der Waals surface area contributed by atoms with Gasteiger partial charge in [0.1, 0.15) is 18.1 Å². The Labute approximate surface area is 72.1 Å². The first-order chi connectivity index (χ1) is 5.74. The first-order valence-corrected chi connectivity index (χ1v) is 3.77. The van der Waals surface area contributed by atoms with Crippen LogP contribution in [-0.4, -0.2) is 11.7 Å². The van der Waals surface area contributed by atoms with E-state index in [1.54, 1.807) is 12.1 Å². The maximum atomic E-state index is 9.29. The van der Waals surface area contributed by atoms with E-state index in [-0.39, 0.29) is 5.75 Å². The van der Waals surface area contributed by atoms with Crippen LogP contribution in [0.2, 0.25) is 0 Å². The third kappa shape index (κ3) is 2.02. The van der Waals surface area contributed by atoms with Crippen molar-refractivity contribution >= 4 is 0 Å². The molecule has 0 amide bonds. The molecule has 0 radical (unpaired) electrons. The zero-order valence-corrected chi connectivity index (χ0v) is 7.08. The van der Waals surface area contributed by atoms with E-state index in [4.69, 9.17) is 4.74 Å². The van der Waals surface area contributed by atoms with Crippen LogP contribution in [0.4, 0.5) is 0 Å². The van der Waals surface area contributed by atoms with Gasteiger partial charge in [0.05, 0.1) is 0 Å². The molecular weight excluding hydrogens is 152 g/mol. The Bertz CT molecular complexity index is 279. The van der Waals surface area contributed by atoms with E-state index in [9.17, 15) is 5.11 Å². The average molecular weight is 164 g/mol. The summed E-state index contributed by atoms with van der Waals surface area (Å²) in [5.41, 5.74) is 0.848. The molecule has 0 saturated carbocycles. The molecule has 1 aromatic carbocycles. The molecule has 0 aliphatic rings. The van der Waals surface area contributed by atoms with Gasteiger partial charge in [0, 0.05) is 6.07 Å². The zero-order chi connectivity index (χ0) is 8.97. The number of ether oxygens (including phenoxy) is 1. The number of phenolic OH excluding ortho intramolecular Hbond substituents is 1. The molecule has 0 aliphatic heterocycles. The van der Waals surface area contributed by atoms with Gasteiger partial charge in [-0.2, -0.15) is 0 Å². The van der Waals surface area contributed by atoms with Crippen molar-refractivity contribution in [3.05, 3.63) is 36.4 Å². The maximum Gasteiger partial charge on any atom is 0.123 e. The van der Waals surface area contributed by atoms with Crippen LogP contribution in [0.25, 0.3) is 0 Å². The SMILES string of the molecule is C=CCOc1ccc(C)c(O)c1. The number of hydrogen-bond acceptors (Lipinski definition) is 2. The van der Waals surface area contributed by atoms with Crippen LogP contribution in [0.5, 0.6) is 11.5 Å². The van der Waals surface area contributed by atoms with Gasteiger partial charge in [0.15, 0.2) is 0 Å². The van der Waals surface area contributed by atoms with Gasteiger partial charge in [-0.15, -0.1) is 0 Å². The molecule has 0 unspecified atom stereocenters. The summed E-state index contributed by atoms with van der Waals surface area (Å²) in [6.07, 6.45) is 1.66. The fraction of sp³-hybridized carbons (Fsp3) is 0.200. The number of rotatable bonds is 3. The van der Waals surface area contributed by atoms with Crippen LogP contribution in [0.1, 0.15) is 5.56 Å². The summed E-state index contributed by atoms with van der Waals surface area (Å²) in [7, 11) is 0. The molecule has 64 valence electrons. The van der Waals surface area contributed by atoms with Crippen LogP contribution in [-0.2, 0) is 0 Å². The van der Waals surface area contributed by atoms with Crippen molar-refractivity contribution in [2.75, 3.05) is 6.61 Å². The van der Waals surface area contributed by atoms with E-state index in [2.05, 4.69) is 6.58 Å². The standard InChI is InChI=1S/C10H12O2/c1-3-6-12-9-5-4-8(2)10(11)7-9/h3-5,7,11H,1,6H2,2H3. The third-order valence-corrected chi connectivity index (χ3v) is 1.55. The van der Waals surface area contributed by atoms with Crippen molar-refractivity contribution < 1.29 is 9.84 Å². The number of aryl methyl sites for hydroxylation is 1. The van der Waals surface area contributed by atoms with Gasteiger partial charge >= 0.3 is 0 Å². The van der Waals surface area contributed by atoms with Crippen molar-refractivity contribution in [1.82, 2.24) is 0 Å². The topological polar surface area (TPSA) is 29.5 Å². The molecular formula is C10H12O2. The van der Waals surface area contributed by atoms with E-state index < -0.39 is 0 Å². The predicted octanol–water partition coefficient (Wildman–Crippen LogP) is 2.27. The quantitative estimate of drug-likeness (QED) is 0.694. The molecule has 0 bridgehead atoms. The van der Waals surface area contributed by atoms with E-state index >= 15 is 0 Å². The lowest BCUT2D eigenvalue weighted by Gasteiger charge is -2.04. The molecule has 0 atom stereocenters. The summed E-state index contributed by atoms with van der Waals surface area (Å²) in [4.78, 5) is 0. The number of benzene rings is 1. The molecule has 0 fully saturated rings. The van der Waals surface area contributed by atoms with Crippen molar-refractivity contribution in [3.8, 4) is 11.5 Å². The molecule has 1 rings (SSSR count).